The summed E-state index contributed by atoms with van der Waals surface area (Å²) >= 11 is 3.28. The van der Waals surface area contributed by atoms with Crippen molar-refractivity contribution in [2.45, 2.75) is 12.8 Å². The van der Waals surface area contributed by atoms with E-state index < -0.39 is 5.97 Å². The predicted octanol–water partition coefficient (Wildman–Crippen LogP) is 2.05. The van der Waals surface area contributed by atoms with Crippen molar-refractivity contribution in [3.8, 4) is 5.75 Å². The standard InChI is InChI=1S/C12H14BrNO4/c1-14-11(15)3-2-6-18-10-7-8(12(16)17)4-5-9(10)13/h4-5,7H,2-3,6H2,1H3,(H,14,15)(H,16,17). The summed E-state index contributed by atoms with van der Waals surface area (Å²) in [6, 6.07) is 4.56. The molecular formula is C12H14BrNO4. The fourth-order valence-corrected chi connectivity index (χ4v) is 1.65. The minimum absolute atomic E-state index is 0.0445. The van der Waals surface area contributed by atoms with Gasteiger partial charge in [-0.25, -0.2) is 4.79 Å². The van der Waals surface area contributed by atoms with Crippen LogP contribution in [0.3, 0.4) is 0 Å². The van der Waals surface area contributed by atoms with Crippen molar-refractivity contribution in [3.05, 3.63) is 28.2 Å². The predicted molar refractivity (Wildman–Crippen MR) is 69.9 cm³/mol. The zero-order valence-electron chi connectivity index (χ0n) is 9.90. The molecule has 6 heteroatoms. The molecule has 0 saturated heterocycles. The topological polar surface area (TPSA) is 75.6 Å². The van der Waals surface area contributed by atoms with Gasteiger partial charge in [-0.15, -0.1) is 0 Å². The van der Waals surface area contributed by atoms with Crippen LogP contribution in [-0.2, 0) is 4.79 Å². The van der Waals surface area contributed by atoms with Crippen molar-refractivity contribution in [3.63, 3.8) is 0 Å². The Morgan fingerprint density at radius 3 is 2.78 bits per heavy atom. The van der Waals surface area contributed by atoms with Gasteiger partial charge in [0.15, 0.2) is 0 Å². The van der Waals surface area contributed by atoms with Gasteiger partial charge in [-0.3, -0.25) is 4.79 Å². The van der Waals surface area contributed by atoms with Crippen molar-refractivity contribution in [2.24, 2.45) is 0 Å². The Labute approximate surface area is 113 Å². The molecule has 1 amide bonds. The van der Waals surface area contributed by atoms with Crippen LogP contribution in [0.15, 0.2) is 22.7 Å². The van der Waals surface area contributed by atoms with Gasteiger partial charge >= 0.3 is 5.97 Å². The Morgan fingerprint density at radius 2 is 2.17 bits per heavy atom. The fourth-order valence-electron chi connectivity index (χ4n) is 1.29. The zero-order valence-corrected chi connectivity index (χ0v) is 11.5. The molecule has 0 saturated carbocycles. The highest BCUT2D eigenvalue weighted by atomic mass is 79.9. The molecule has 98 valence electrons. The number of carboxylic acids is 1. The van der Waals surface area contributed by atoms with E-state index in [0.29, 0.717) is 29.7 Å². The molecule has 0 heterocycles. The zero-order chi connectivity index (χ0) is 13.5. The third kappa shape index (κ3) is 4.37. The third-order valence-corrected chi connectivity index (χ3v) is 2.92. The first-order valence-corrected chi connectivity index (χ1v) is 6.20. The minimum Gasteiger partial charge on any atom is -0.492 e. The molecule has 5 nitrogen and oxygen atoms in total. The van der Waals surface area contributed by atoms with Crippen LogP contribution >= 0.6 is 15.9 Å². The molecule has 2 N–H and O–H groups in total. The van der Waals surface area contributed by atoms with Gasteiger partial charge < -0.3 is 15.2 Å². The summed E-state index contributed by atoms with van der Waals surface area (Å²) in [5.74, 6) is -0.582. The molecule has 0 fully saturated rings. The average Bonchev–Trinajstić information content (AvgIpc) is 2.35. The maximum absolute atomic E-state index is 11.0. The van der Waals surface area contributed by atoms with Crippen LogP contribution in [0.2, 0.25) is 0 Å². The van der Waals surface area contributed by atoms with Gasteiger partial charge in [-0.2, -0.15) is 0 Å². The Kier molecular flexibility index (Phi) is 5.64. The Morgan fingerprint density at radius 1 is 1.44 bits per heavy atom. The molecule has 0 radical (unpaired) electrons. The Bertz CT molecular complexity index is 448. The van der Waals surface area contributed by atoms with Crippen molar-refractivity contribution in [1.29, 1.82) is 0 Å². The maximum atomic E-state index is 11.0. The van der Waals surface area contributed by atoms with Gasteiger partial charge in [0.2, 0.25) is 5.91 Å². The molecule has 1 rings (SSSR count). The number of amides is 1. The third-order valence-electron chi connectivity index (χ3n) is 2.26. The van der Waals surface area contributed by atoms with E-state index in [4.69, 9.17) is 9.84 Å². The van der Waals surface area contributed by atoms with Gasteiger partial charge in [0.05, 0.1) is 16.6 Å². The second kappa shape index (κ2) is 7.00. The molecular weight excluding hydrogens is 302 g/mol. The average molecular weight is 316 g/mol. The van der Waals surface area contributed by atoms with Crippen LogP contribution in [0.5, 0.6) is 5.75 Å². The van der Waals surface area contributed by atoms with Crippen molar-refractivity contribution >= 4 is 27.8 Å². The second-order valence-corrected chi connectivity index (χ2v) is 4.43. The number of halogens is 1. The molecule has 1 aromatic carbocycles. The highest BCUT2D eigenvalue weighted by Gasteiger charge is 2.08. The number of nitrogens with one attached hydrogen (secondary N) is 1. The van der Waals surface area contributed by atoms with Gasteiger partial charge in [-0.05, 0) is 40.5 Å². The molecule has 0 atom stereocenters. The lowest BCUT2D eigenvalue weighted by Gasteiger charge is -2.08. The summed E-state index contributed by atoms with van der Waals surface area (Å²) in [6.45, 7) is 0.356. The number of carboxylic acid groups (broad SMARTS) is 1. The molecule has 0 spiro atoms. The number of carbonyl (C=O) groups is 2. The Hall–Kier alpha value is -1.56. The molecule has 0 unspecified atom stereocenters. The molecule has 0 aliphatic rings. The van der Waals surface area contributed by atoms with Crippen LogP contribution in [0.1, 0.15) is 23.2 Å². The quantitative estimate of drug-likeness (QED) is 0.788. The van der Waals surface area contributed by atoms with Gasteiger partial charge in [0.25, 0.3) is 0 Å². The van der Waals surface area contributed by atoms with E-state index in [2.05, 4.69) is 21.2 Å². The summed E-state index contributed by atoms with van der Waals surface area (Å²) < 4.78 is 6.12. The monoisotopic (exact) mass is 315 g/mol. The Balaban J connectivity index is 2.53. The van der Waals surface area contributed by atoms with Crippen LogP contribution in [-0.4, -0.2) is 30.6 Å². The van der Waals surface area contributed by atoms with Crippen molar-refractivity contribution < 1.29 is 19.4 Å². The van der Waals surface area contributed by atoms with Crippen LogP contribution in [0, 0.1) is 0 Å². The maximum Gasteiger partial charge on any atom is 0.335 e. The van der Waals surface area contributed by atoms with Crippen LogP contribution < -0.4 is 10.1 Å². The summed E-state index contributed by atoms with van der Waals surface area (Å²) in [4.78, 5) is 21.8. The lowest BCUT2D eigenvalue weighted by Crippen LogP contribution is -2.18. The first-order chi connectivity index (χ1) is 8.54. The van der Waals surface area contributed by atoms with E-state index in [1.54, 1.807) is 13.1 Å². The first-order valence-electron chi connectivity index (χ1n) is 5.41. The number of benzene rings is 1. The normalized spacial score (nSPS) is 9.89. The summed E-state index contributed by atoms with van der Waals surface area (Å²) in [6.07, 6.45) is 0.955. The van der Waals surface area contributed by atoms with E-state index in [9.17, 15) is 9.59 Å². The number of aromatic carboxylic acids is 1. The van der Waals surface area contributed by atoms with Gasteiger partial charge in [0.1, 0.15) is 5.75 Å². The number of hydrogen-bond acceptors (Lipinski definition) is 3. The highest BCUT2D eigenvalue weighted by molar-refractivity contribution is 9.10. The number of ether oxygens (including phenoxy) is 1. The summed E-state index contributed by atoms with van der Waals surface area (Å²) in [5, 5.41) is 11.4. The number of carbonyl (C=O) groups excluding carboxylic acids is 1. The SMILES string of the molecule is CNC(=O)CCCOc1cc(C(=O)O)ccc1Br. The largest absolute Gasteiger partial charge is 0.492 e. The summed E-state index contributed by atoms with van der Waals surface area (Å²) in [5.41, 5.74) is 0.166. The molecule has 0 aromatic heterocycles. The first kappa shape index (κ1) is 14.5. The van der Waals surface area contributed by atoms with Gasteiger partial charge in [-0.1, -0.05) is 0 Å². The molecule has 0 bridgehead atoms. The highest BCUT2D eigenvalue weighted by Crippen LogP contribution is 2.26. The molecule has 1 aromatic rings. The van der Waals surface area contributed by atoms with E-state index in [1.165, 1.54) is 12.1 Å². The van der Waals surface area contributed by atoms with Crippen molar-refractivity contribution in [1.82, 2.24) is 5.32 Å². The lowest BCUT2D eigenvalue weighted by molar-refractivity contribution is -0.120. The van der Waals surface area contributed by atoms with E-state index in [1.807, 2.05) is 0 Å². The number of hydrogen-bond donors (Lipinski definition) is 2. The molecule has 0 aliphatic heterocycles. The van der Waals surface area contributed by atoms with E-state index in [-0.39, 0.29) is 11.5 Å². The minimum atomic E-state index is -1.00. The molecule has 0 aliphatic carbocycles. The lowest BCUT2D eigenvalue weighted by atomic mass is 10.2. The van der Waals surface area contributed by atoms with E-state index in [0.717, 1.165) is 0 Å². The molecule has 18 heavy (non-hydrogen) atoms. The smallest absolute Gasteiger partial charge is 0.335 e. The van der Waals surface area contributed by atoms with Crippen LogP contribution in [0.25, 0.3) is 0 Å². The fraction of sp³-hybridized carbons (Fsp3) is 0.333. The second-order valence-electron chi connectivity index (χ2n) is 3.58. The summed E-state index contributed by atoms with van der Waals surface area (Å²) in [7, 11) is 1.58. The van der Waals surface area contributed by atoms with Crippen molar-refractivity contribution in [2.75, 3.05) is 13.7 Å². The number of rotatable bonds is 6. The van der Waals surface area contributed by atoms with Gasteiger partial charge in [0, 0.05) is 13.5 Å². The van der Waals surface area contributed by atoms with Crippen LogP contribution in [0.4, 0.5) is 0 Å². The van der Waals surface area contributed by atoms with E-state index >= 15 is 0 Å².